The predicted octanol–water partition coefficient (Wildman–Crippen LogP) is 2.46. The van der Waals surface area contributed by atoms with Crippen molar-refractivity contribution in [1.82, 2.24) is 4.98 Å². The number of nitrogens with one attached hydrogen (secondary N) is 1. The molecule has 1 fully saturated rings. The van der Waals surface area contributed by atoms with Gasteiger partial charge in [0.15, 0.2) is 10.9 Å². The first kappa shape index (κ1) is 16.1. The zero-order chi connectivity index (χ0) is 15.8. The summed E-state index contributed by atoms with van der Waals surface area (Å²) in [5.74, 6) is -1.05. The van der Waals surface area contributed by atoms with Gasteiger partial charge in [-0.05, 0) is 13.8 Å². The number of carbonyl (C=O) groups is 2. The summed E-state index contributed by atoms with van der Waals surface area (Å²) < 4.78 is 10.9. The standard InChI is InChI=1S/C14H20N2O4S/c1-13(2,3)11(18)16-12-15-6-9(21-12)10(17)8-7-19-14(4,5)20-8/h6,8H,7H2,1-5H3,(H,15,16,18). The molecule has 1 unspecified atom stereocenters. The summed E-state index contributed by atoms with van der Waals surface area (Å²) in [5.41, 5.74) is -0.512. The molecule has 6 nitrogen and oxygen atoms in total. The van der Waals surface area contributed by atoms with Crippen LogP contribution >= 0.6 is 11.3 Å². The molecule has 116 valence electrons. The lowest BCUT2D eigenvalue weighted by molar-refractivity contribution is -0.133. The van der Waals surface area contributed by atoms with E-state index in [0.29, 0.717) is 10.0 Å². The molecule has 0 bridgehead atoms. The molecule has 1 amide bonds. The Kier molecular flexibility index (Phi) is 4.19. The fourth-order valence-electron chi connectivity index (χ4n) is 1.71. The predicted molar refractivity (Wildman–Crippen MR) is 79.4 cm³/mol. The van der Waals surface area contributed by atoms with Crippen LogP contribution in [0.1, 0.15) is 44.3 Å². The summed E-state index contributed by atoms with van der Waals surface area (Å²) in [6.45, 7) is 9.20. The van der Waals surface area contributed by atoms with Crippen LogP contribution < -0.4 is 5.32 Å². The van der Waals surface area contributed by atoms with Crippen LogP contribution in [0, 0.1) is 5.41 Å². The molecular formula is C14H20N2O4S. The number of amides is 1. The quantitative estimate of drug-likeness (QED) is 0.868. The largest absolute Gasteiger partial charge is 0.347 e. The van der Waals surface area contributed by atoms with Gasteiger partial charge in [0.25, 0.3) is 0 Å². The van der Waals surface area contributed by atoms with E-state index in [1.165, 1.54) is 6.20 Å². The van der Waals surface area contributed by atoms with Gasteiger partial charge in [0.2, 0.25) is 11.7 Å². The molecule has 1 saturated heterocycles. The second-order valence-electron chi connectivity index (χ2n) is 6.42. The Labute approximate surface area is 127 Å². The van der Waals surface area contributed by atoms with Gasteiger partial charge in [-0.2, -0.15) is 0 Å². The fraction of sp³-hybridized carbons (Fsp3) is 0.643. The Hall–Kier alpha value is -1.31. The topological polar surface area (TPSA) is 77.5 Å². The van der Waals surface area contributed by atoms with E-state index in [4.69, 9.17) is 9.47 Å². The van der Waals surface area contributed by atoms with Crippen molar-refractivity contribution in [2.45, 2.75) is 46.5 Å². The lowest BCUT2D eigenvalue weighted by Gasteiger charge is -2.16. The second kappa shape index (κ2) is 5.47. The number of Topliss-reactive ketones (excluding diaryl/α,β-unsaturated/α-hetero) is 1. The summed E-state index contributed by atoms with van der Waals surface area (Å²) in [6, 6.07) is 0. The normalized spacial score (nSPS) is 21.3. The van der Waals surface area contributed by atoms with Crippen molar-refractivity contribution in [2.24, 2.45) is 5.41 Å². The molecule has 0 spiro atoms. The average molecular weight is 312 g/mol. The third-order valence-electron chi connectivity index (χ3n) is 2.95. The summed E-state index contributed by atoms with van der Waals surface area (Å²) in [7, 11) is 0. The summed E-state index contributed by atoms with van der Waals surface area (Å²) in [6.07, 6.45) is 0.839. The van der Waals surface area contributed by atoms with Crippen molar-refractivity contribution in [2.75, 3.05) is 11.9 Å². The van der Waals surface area contributed by atoms with Gasteiger partial charge in [-0.3, -0.25) is 9.59 Å². The van der Waals surface area contributed by atoms with Gasteiger partial charge >= 0.3 is 0 Å². The van der Waals surface area contributed by atoms with E-state index in [1.54, 1.807) is 13.8 Å². The zero-order valence-corrected chi connectivity index (χ0v) is 13.7. The molecule has 21 heavy (non-hydrogen) atoms. The highest BCUT2D eigenvalue weighted by Gasteiger charge is 2.38. The lowest BCUT2D eigenvalue weighted by Crippen LogP contribution is -2.27. The molecule has 1 N–H and O–H groups in total. The molecule has 1 aliphatic rings. The van der Waals surface area contributed by atoms with E-state index in [9.17, 15) is 9.59 Å². The molecule has 0 aliphatic carbocycles. The van der Waals surface area contributed by atoms with Crippen LogP contribution in [0.2, 0.25) is 0 Å². The van der Waals surface area contributed by atoms with Gasteiger partial charge in [-0.15, -0.1) is 0 Å². The van der Waals surface area contributed by atoms with Crippen LogP contribution in [-0.2, 0) is 14.3 Å². The number of hydrogen-bond acceptors (Lipinski definition) is 6. The monoisotopic (exact) mass is 312 g/mol. The first-order chi connectivity index (χ1) is 9.58. The maximum absolute atomic E-state index is 12.3. The number of hydrogen-bond donors (Lipinski definition) is 1. The van der Waals surface area contributed by atoms with Crippen molar-refractivity contribution < 1.29 is 19.1 Å². The number of ketones is 1. The van der Waals surface area contributed by atoms with E-state index in [2.05, 4.69) is 10.3 Å². The third kappa shape index (κ3) is 3.87. The molecular weight excluding hydrogens is 292 g/mol. The number of aromatic nitrogens is 1. The maximum atomic E-state index is 12.3. The second-order valence-corrected chi connectivity index (χ2v) is 7.45. The minimum Gasteiger partial charge on any atom is -0.347 e. The van der Waals surface area contributed by atoms with E-state index in [0.717, 1.165) is 11.3 Å². The van der Waals surface area contributed by atoms with Gasteiger partial charge in [0.05, 0.1) is 17.7 Å². The Morgan fingerprint density at radius 2 is 2.10 bits per heavy atom. The van der Waals surface area contributed by atoms with Crippen molar-refractivity contribution in [3.63, 3.8) is 0 Å². The van der Waals surface area contributed by atoms with Crippen molar-refractivity contribution in [1.29, 1.82) is 0 Å². The molecule has 1 aliphatic heterocycles. The Bertz CT molecular complexity index is 560. The van der Waals surface area contributed by atoms with Gasteiger partial charge in [0.1, 0.15) is 6.10 Å². The van der Waals surface area contributed by atoms with Crippen LogP contribution in [0.4, 0.5) is 5.13 Å². The number of ether oxygens (including phenoxy) is 2. The van der Waals surface area contributed by atoms with Crippen LogP contribution in [-0.4, -0.2) is 35.2 Å². The number of anilines is 1. The van der Waals surface area contributed by atoms with Crippen molar-refractivity contribution >= 4 is 28.2 Å². The van der Waals surface area contributed by atoms with Crippen molar-refractivity contribution in [3.8, 4) is 0 Å². The Balaban J connectivity index is 2.03. The van der Waals surface area contributed by atoms with Crippen LogP contribution in [0.3, 0.4) is 0 Å². The van der Waals surface area contributed by atoms with Gasteiger partial charge in [-0.25, -0.2) is 4.98 Å². The van der Waals surface area contributed by atoms with E-state index >= 15 is 0 Å². The first-order valence-corrected chi connectivity index (χ1v) is 7.53. The van der Waals surface area contributed by atoms with E-state index in [1.807, 2.05) is 20.8 Å². The molecule has 1 aromatic heterocycles. The lowest BCUT2D eigenvalue weighted by atomic mass is 9.96. The third-order valence-corrected chi connectivity index (χ3v) is 3.88. The number of carbonyl (C=O) groups excluding carboxylic acids is 2. The first-order valence-electron chi connectivity index (χ1n) is 6.72. The number of rotatable bonds is 3. The van der Waals surface area contributed by atoms with Crippen LogP contribution in [0.25, 0.3) is 0 Å². The number of nitrogens with zero attached hydrogens (tertiary/aromatic N) is 1. The minimum absolute atomic E-state index is 0.141. The SMILES string of the molecule is CC1(C)OCC(C(=O)c2cnc(NC(=O)C(C)(C)C)s2)O1. The maximum Gasteiger partial charge on any atom is 0.231 e. The van der Waals surface area contributed by atoms with Gasteiger partial charge in [0, 0.05) is 5.41 Å². The molecule has 0 radical (unpaired) electrons. The van der Waals surface area contributed by atoms with Crippen LogP contribution in [0.15, 0.2) is 6.20 Å². The highest BCUT2D eigenvalue weighted by Crippen LogP contribution is 2.28. The molecule has 0 saturated carbocycles. The minimum atomic E-state index is -0.742. The summed E-state index contributed by atoms with van der Waals surface area (Å²) in [4.78, 5) is 28.7. The Morgan fingerprint density at radius 1 is 1.43 bits per heavy atom. The smallest absolute Gasteiger partial charge is 0.231 e. The molecule has 1 aromatic rings. The summed E-state index contributed by atoms with van der Waals surface area (Å²) >= 11 is 1.14. The van der Waals surface area contributed by atoms with Crippen molar-refractivity contribution in [3.05, 3.63) is 11.1 Å². The van der Waals surface area contributed by atoms with Crippen LogP contribution in [0.5, 0.6) is 0 Å². The molecule has 7 heteroatoms. The van der Waals surface area contributed by atoms with Gasteiger partial charge in [-0.1, -0.05) is 32.1 Å². The average Bonchev–Trinajstić information content (AvgIpc) is 2.94. The molecule has 1 atom stereocenters. The highest BCUT2D eigenvalue weighted by molar-refractivity contribution is 7.17. The Morgan fingerprint density at radius 3 is 2.62 bits per heavy atom. The number of thiazole rings is 1. The zero-order valence-electron chi connectivity index (χ0n) is 12.9. The molecule has 2 heterocycles. The highest BCUT2D eigenvalue weighted by atomic mass is 32.1. The van der Waals surface area contributed by atoms with E-state index in [-0.39, 0.29) is 18.3 Å². The molecule has 0 aromatic carbocycles. The van der Waals surface area contributed by atoms with E-state index < -0.39 is 17.3 Å². The fourth-order valence-corrected chi connectivity index (χ4v) is 2.50. The summed E-state index contributed by atoms with van der Waals surface area (Å²) in [5, 5.41) is 3.12. The van der Waals surface area contributed by atoms with Gasteiger partial charge < -0.3 is 14.8 Å². The molecule has 2 rings (SSSR count).